The number of carbonyl (C=O) groups is 1. The van der Waals surface area contributed by atoms with Crippen LogP contribution in [-0.2, 0) is 6.54 Å². The van der Waals surface area contributed by atoms with Crippen molar-refractivity contribution in [1.82, 2.24) is 24.6 Å². The van der Waals surface area contributed by atoms with Gasteiger partial charge in [-0.2, -0.15) is 5.10 Å². The molecule has 3 aromatic rings. The van der Waals surface area contributed by atoms with Crippen LogP contribution in [0.25, 0.3) is 10.9 Å². The number of amides is 1. The number of fused-ring (bicyclic) bond motifs is 1. The number of aromatic nitrogens is 4. The van der Waals surface area contributed by atoms with E-state index in [2.05, 4.69) is 15.1 Å². The van der Waals surface area contributed by atoms with Gasteiger partial charge in [0.1, 0.15) is 12.7 Å². The number of carbonyl (C=O) groups excluding carboxylic acids is 1. The molecule has 0 spiro atoms. The SMILES string of the molecule is O=C(c1cccc2cccnc12)N1CCCC1Cn1cncn1. The van der Waals surface area contributed by atoms with Crippen molar-refractivity contribution in [3.05, 3.63) is 54.7 Å². The van der Waals surface area contributed by atoms with E-state index in [0.29, 0.717) is 12.1 Å². The summed E-state index contributed by atoms with van der Waals surface area (Å²) in [6.45, 7) is 1.46. The average molecular weight is 307 g/mol. The molecule has 2 aromatic heterocycles. The minimum atomic E-state index is 0.0527. The highest BCUT2D eigenvalue weighted by Crippen LogP contribution is 2.24. The second-order valence-corrected chi connectivity index (χ2v) is 5.79. The topological polar surface area (TPSA) is 63.9 Å². The van der Waals surface area contributed by atoms with Crippen LogP contribution in [0.2, 0.25) is 0 Å². The van der Waals surface area contributed by atoms with Crippen LogP contribution in [0.5, 0.6) is 0 Å². The van der Waals surface area contributed by atoms with Gasteiger partial charge in [-0.1, -0.05) is 18.2 Å². The molecule has 0 saturated carbocycles. The number of rotatable bonds is 3. The summed E-state index contributed by atoms with van der Waals surface area (Å²) < 4.78 is 1.79. The summed E-state index contributed by atoms with van der Waals surface area (Å²) >= 11 is 0. The van der Waals surface area contributed by atoms with Crippen LogP contribution < -0.4 is 0 Å². The summed E-state index contributed by atoms with van der Waals surface area (Å²) in [4.78, 5) is 23.4. The van der Waals surface area contributed by atoms with Crippen molar-refractivity contribution in [1.29, 1.82) is 0 Å². The molecule has 1 amide bonds. The van der Waals surface area contributed by atoms with Crippen LogP contribution >= 0.6 is 0 Å². The number of benzene rings is 1. The van der Waals surface area contributed by atoms with Crippen molar-refractivity contribution in [2.45, 2.75) is 25.4 Å². The van der Waals surface area contributed by atoms with Gasteiger partial charge in [0.25, 0.3) is 5.91 Å². The molecule has 0 aliphatic carbocycles. The van der Waals surface area contributed by atoms with Gasteiger partial charge in [0.2, 0.25) is 0 Å². The van der Waals surface area contributed by atoms with E-state index >= 15 is 0 Å². The minimum absolute atomic E-state index is 0.0527. The maximum Gasteiger partial charge on any atom is 0.256 e. The van der Waals surface area contributed by atoms with Gasteiger partial charge in [0, 0.05) is 18.1 Å². The second kappa shape index (κ2) is 5.79. The van der Waals surface area contributed by atoms with Crippen molar-refractivity contribution in [3.63, 3.8) is 0 Å². The molecule has 1 saturated heterocycles. The summed E-state index contributed by atoms with van der Waals surface area (Å²) in [6.07, 6.45) is 6.96. The Kier molecular flexibility index (Phi) is 3.49. The van der Waals surface area contributed by atoms with Crippen LogP contribution in [0.1, 0.15) is 23.2 Å². The summed E-state index contributed by atoms with van der Waals surface area (Å²) in [7, 11) is 0. The molecule has 0 N–H and O–H groups in total. The largest absolute Gasteiger partial charge is 0.334 e. The van der Waals surface area contributed by atoms with Crippen molar-refractivity contribution >= 4 is 16.8 Å². The molecule has 23 heavy (non-hydrogen) atoms. The highest BCUT2D eigenvalue weighted by molar-refractivity contribution is 6.05. The van der Waals surface area contributed by atoms with Gasteiger partial charge in [-0.05, 0) is 25.0 Å². The number of nitrogens with zero attached hydrogens (tertiary/aromatic N) is 5. The van der Waals surface area contributed by atoms with Crippen LogP contribution in [-0.4, -0.2) is 43.1 Å². The first-order valence-electron chi connectivity index (χ1n) is 7.80. The summed E-state index contributed by atoms with van der Waals surface area (Å²) in [5.41, 5.74) is 1.44. The lowest BCUT2D eigenvalue weighted by Gasteiger charge is -2.25. The fourth-order valence-electron chi connectivity index (χ4n) is 3.27. The van der Waals surface area contributed by atoms with E-state index in [1.165, 1.54) is 6.33 Å². The molecule has 6 nitrogen and oxygen atoms in total. The van der Waals surface area contributed by atoms with Gasteiger partial charge in [-0.25, -0.2) is 4.98 Å². The maximum atomic E-state index is 13.0. The molecule has 6 heteroatoms. The van der Waals surface area contributed by atoms with Crippen molar-refractivity contribution < 1.29 is 4.79 Å². The molecule has 3 heterocycles. The van der Waals surface area contributed by atoms with Gasteiger partial charge in [-0.3, -0.25) is 14.5 Å². The van der Waals surface area contributed by atoms with Gasteiger partial charge >= 0.3 is 0 Å². The highest BCUT2D eigenvalue weighted by atomic mass is 16.2. The minimum Gasteiger partial charge on any atom is -0.334 e. The van der Waals surface area contributed by atoms with E-state index in [0.717, 1.165) is 30.3 Å². The Bertz CT molecular complexity index is 825. The lowest BCUT2D eigenvalue weighted by atomic mass is 10.1. The first kappa shape index (κ1) is 13.9. The molecular weight excluding hydrogens is 290 g/mol. The Morgan fingerprint density at radius 2 is 2.17 bits per heavy atom. The molecule has 1 atom stereocenters. The zero-order valence-corrected chi connectivity index (χ0v) is 12.7. The third-order valence-electron chi connectivity index (χ3n) is 4.37. The number of pyridine rings is 1. The Balaban J connectivity index is 1.64. The predicted molar refractivity (Wildman–Crippen MR) is 85.8 cm³/mol. The van der Waals surface area contributed by atoms with Gasteiger partial charge in [0.05, 0.1) is 23.7 Å². The van der Waals surface area contributed by atoms with Gasteiger partial charge in [-0.15, -0.1) is 0 Å². The Morgan fingerprint density at radius 1 is 1.26 bits per heavy atom. The Morgan fingerprint density at radius 3 is 3.04 bits per heavy atom. The van der Waals surface area contributed by atoms with Crippen LogP contribution in [0, 0.1) is 0 Å². The molecule has 1 fully saturated rings. The zero-order chi connectivity index (χ0) is 15.6. The molecule has 0 bridgehead atoms. The number of likely N-dealkylation sites (tertiary alicyclic amines) is 1. The van der Waals surface area contributed by atoms with Crippen molar-refractivity contribution in [2.24, 2.45) is 0 Å². The van der Waals surface area contributed by atoms with Crippen molar-refractivity contribution in [3.8, 4) is 0 Å². The monoisotopic (exact) mass is 307 g/mol. The quantitative estimate of drug-likeness (QED) is 0.743. The number of hydrogen-bond acceptors (Lipinski definition) is 4. The molecule has 116 valence electrons. The molecular formula is C17H17N5O. The molecule has 4 rings (SSSR count). The maximum absolute atomic E-state index is 13.0. The number of hydrogen-bond donors (Lipinski definition) is 0. The molecule has 1 aliphatic rings. The second-order valence-electron chi connectivity index (χ2n) is 5.79. The van der Waals surface area contributed by atoms with E-state index in [4.69, 9.17) is 0 Å². The lowest BCUT2D eigenvalue weighted by molar-refractivity contribution is 0.0723. The molecule has 1 unspecified atom stereocenters. The van der Waals surface area contributed by atoms with E-state index in [1.54, 1.807) is 17.2 Å². The smallest absolute Gasteiger partial charge is 0.256 e. The van der Waals surface area contributed by atoms with E-state index in [9.17, 15) is 4.79 Å². The molecule has 1 aliphatic heterocycles. The first-order valence-corrected chi connectivity index (χ1v) is 7.80. The molecule has 0 radical (unpaired) electrons. The van der Waals surface area contributed by atoms with Crippen LogP contribution in [0.15, 0.2) is 49.2 Å². The predicted octanol–water partition coefficient (Wildman–Crippen LogP) is 2.13. The standard InChI is InChI=1S/C17H17N5O/c23-17(15-7-1-4-13-5-2-8-19-16(13)15)22-9-3-6-14(22)10-21-12-18-11-20-21/h1-2,4-5,7-8,11-12,14H,3,6,9-10H2. The fraction of sp³-hybridized carbons (Fsp3) is 0.294. The zero-order valence-electron chi connectivity index (χ0n) is 12.7. The normalized spacial score (nSPS) is 17.7. The summed E-state index contributed by atoms with van der Waals surface area (Å²) in [6, 6.07) is 9.79. The van der Waals surface area contributed by atoms with Crippen molar-refractivity contribution in [2.75, 3.05) is 6.54 Å². The van der Waals surface area contributed by atoms with Gasteiger partial charge < -0.3 is 4.90 Å². The van der Waals surface area contributed by atoms with Crippen LogP contribution in [0.3, 0.4) is 0 Å². The third kappa shape index (κ3) is 2.56. The van der Waals surface area contributed by atoms with E-state index in [-0.39, 0.29) is 11.9 Å². The van der Waals surface area contributed by atoms with E-state index < -0.39 is 0 Å². The van der Waals surface area contributed by atoms with Gasteiger partial charge in [0.15, 0.2) is 0 Å². The highest BCUT2D eigenvalue weighted by Gasteiger charge is 2.30. The first-order chi connectivity index (χ1) is 11.3. The Labute approximate surface area is 133 Å². The Hall–Kier alpha value is -2.76. The number of para-hydroxylation sites is 1. The summed E-state index contributed by atoms with van der Waals surface area (Å²) in [5.74, 6) is 0.0527. The third-order valence-corrected chi connectivity index (χ3v) is 4.37. The van der Waals surface area contributed by atoms with Crippen LogP contribution in [0.4, 0.5) is 0 Å². The summed E-state index contributed by atoms with van der Waals surface area (Å²) in [5, 5.41) is 5.14. The fourth-order valence-corrected chi connectivity index (χ4v) is 3.27. The molecule has 1 aromatic carbocycles. The average Bonchev–Trinajstić information content (AvgIpc) is 3.26. The van der Waals surface area contributed by atoms with E-state index in [1.807, 2.05) is 35.2 Å². The lowest BCUT2D eigenvalue weighted by Crippen LogP contribution is -2.38.